The molecule has 104 valence electrons. The standard InChI is InChI=1S/C15H21NO3/c1-10-4-5-12(13(17)8-10)15(18)16-7-6-11(2)14(9-16)19-3/h4-5,8,11,14,17H,6-7,9H2,1-3H3. The molecule has 2 atom stereocenters. The Kier molecular flexibility index (Phi) is 4.10. The third kappa shape index (κ3) is 2.89. The maximum absolute atomic E-state index is 12.4. The van der Waals surface area contributed by atoms with Gasteiger partial charge < -0.3 is 14.7 Å². The average molecular weight is 263 g/mol. The molecule has 1 aliphatic rings. The van der Waals surface area contributed by atoms with Crippen LogP contribution in [-0.2, 0) is 4.74 Å². The Morgan fingerprint density at radius 2 is 2.21 bits per heavy atom. The number of rotatable bonds is 2. The highest BCUT2D eigenvalue weighted by atomic mass is 16.5. The fraction of sp³-hybridized carbons (Fsp3) is 0.533. The molecule has 2 unspecified atom stereocenters. The Balaban J connectivity index is 2.15. The molecule has 0 saturated carbocycles. The van der Waals surface area contributed by atoms with Gasteiger partial charge in [0.05, 0.1) is 11.7 Å². The van der Waals surface area contributed by atoms with Crippen LogP contribution in [0.1, 0.15) is 29.3 Å². The molecule has 0 bridgehead atoms. The van der Waals surface area contributed by atoms with Crippen LogP contribution in [0.2, 0.25) is 0 Å². The molecule has 19 heavy (non-hydrogen) atoms. The van der Waals surface area contributed by atoms with Crippen molar-refractivity contribution in [2.24, 2.45) is 5.92 Å². The molecule has 1 fully saturated rings. The van der Waals surface area contributed by atoms with E-state index in [0.29, 0.717) is 24.6 Å². The van der Waals surface area contributed by atoms with E-state index in [0.717, 1.165) is 12.0 Å². The summed E-state index contributed by atoms with van der Waals surface area (Å²) < 4.78 is 5.41. The van der Waals surface area contributed by atoms with Crippen LogP contribution in [0.15, 0.2) is 18.2 Å². The third-order valence-corrected chi connectivity index (χ3v) is 3.86. The zero-order chi connectivity index (χ0) is 14.0. The van der Waals surface area contributed by atoms with Crippen molar-refractivity contribution in [3.8, 4) is 5.75 Å². The molecule has 1 amide bonds. The summed E-state index contributed by atoms with van der Waals surface area (Å²) in [6.07, 6.45) is 1.00. The number of aryl methyl sites for hydroxylation is 1. The second-order valence-electron chi connectivity index (χ2n) is 5.31. The molecule has 0 aliphatic carbocycles. The van der Waals surface area contributed by atoms with Gasteiger partial charge in [0, 0.05) is 20.2 Å². The molecule has 1 N–H and O–H groups in total. The SMILES string of the molecule is COC1CN(C(=O)c2ccc(C)cc2O)CCC1C. The number of piperidine rings is 1. The Morgan fingerprint density at radius 1 is 1.47 bits per heavy atom. The van der Waals surface area contributed by atoms with Crippen LogP contribution in [0.4, 0.5) is 0 Å². The molecule has 1 aliphatic heterocycles. The maximum atomic E-state index is 12.4. The van der Waals surface area contributed by atoms with Gasteiger partial charge in [-0.2, -0.15) is 0 Å². The molecule has 1 aromatic carbocycles. The van der Waals surface area contributed by atoms with E-state index in [1.54, 1.807) is 24.1 Å². The van der Waals surface area contributed by atoms with Crippen molar-refractivity contribution in [3.63, 3.8) is 0 Å². The first-order valence-electron chi connectivity index (χ1n) is 6.64. The van der Waals surface area contributed by atoms with Gasteiger partial charge in [0.15, 0.2) is 0 Å². The molecule has 1 heterocycles. The highest BCUT2D eigenvalue weighted by Gasteiger charge is 2.30. The number of phenols is 1. The Labute approximate surface area is 114 Å². The van der Waals surface area contributed by atoms with E-state index in [1.807, 2.05) is 13.0 Å². The Hall–Kier alpha value is -1.55. The summed E-state index contributed by atoms with van der Waals surface area (Å²) in [4.78, 5) is 14.2. The number of amides is 1. The van der Waals surface area contributed by atoms with Crippen molar-refractivity contribution in [2.45, 2.75) is 26.4 Å². The van der Waals surface area contributed by atoms with Gasteiger partial charge in [-0.15, -0.1) is 0 Å². The van der Waals surface area contributed by atoms with Gasteiger partial charge in [0.2, 0.25) is 0 Å². The molecular formula is C15H21NO3. The van der Waals surface area contributed by atoms with Gasteiger partial charge >= 0.3 is 0 Å². The van der Waals surface area contributed by atoms with E-state index < -0.39 is 0 Å². The maximum Gasteiger partial charge on any atom is 0.257 e. The second-order valence-corrected chi connectivity index (χ2v) is 5.31. The molecule has 1 aromatic rings. The molecular weight excluding hydrogens is 242 g/mol. The number of hydrogen-bond acceptors (Lipinski definition) is 3. The number of carbonyl (C=O) groups excluding carboxylic acids is 1. The number of benzene rings is 1. The number of likely N-dealkylation sites (tertiary alicyclic amines) is 1. The molecule has 0 radical (unpaired) electrons. The topological polar surface area (TPSA) is 49.8 Å². The van der Waals surface area contributed by atoms with Crippen LogP contribution < -0.4 is 0 Å². The molecule has 0 spiro atoms. The monoisotopic (exact) mass is 263 g/mol. The quantitative estimate of drug-likeness (QED) is 0.890. The predicted molar refractivity (Wildman–Crippen MR) is 73.3 cm³/mol. The van der Waals surface area contributed by atoms with Crippen molar-refractivity contribution >= 4 is 5.91 Å². The molecule has 4 heteroatoms. The summed E-state index contributed by atoms with van der Waals surface area (Å²) in [5.41, 5.74) is 1.31. The third-order valence-electron chi connectivity index (χ3n) is 3.86. The summed E-state index contributed by atoms with van der Waals surface area (Å²) in [6, 6.07) is 5.15. The van der Waals surface area contributed by atoms with Gasteiger partial charge in [-0.05, 0) is 37.0 Å². The lowest BCUT2D eigenvalue weighted by atomic mass is 9.95. The highest BCUT2D eigenvalue weighted by Crippen LogP contribution is 2.24. The van der Waals surface area contributed by atoms with Crippen molar-refractivity contribution in [1.82, 2.24) is 4.90 Å². The first kappa shape index (κ1) is 13.9. The van der Waals surface area contributed by atoms with Crippen molar-refractivity contribution in [3.05, 3.63) is 29.3 Å². The predicted octanol–water partition coefficient (Wildman–Crippen LogP) is 2.20. The average Bonchev–Trinajstić information content (AvgIpc) is 2.38. The van der Waals surface area contributed by atoms with E-state index in [1.165, 1.54) is 0 Å². The highest BCUT2D eigenvalue weighted by molar-refractivity contribution is 5.97. The molecule has 4 nitrogen and oxygen atoms in total. The molecule has 2 rings (SSSR count). The Bertz CT molecular complexity index is 472. The summed E-state index contributed by atoms with van der Waals surface area (Å²) in [5, 5.41) is 9.89. The second kappa shape index (κ2) is 5.61. The number of methoxy groups -OCH3 is 1. The van der Waals surface area contributed by atoms with Crippen molar-refractivity contribution in [2.75, 3.05) is 20.2 Å². The van der Waals surface area contributed by atoms with Crippen LogP contribution >= 0.6 is 0 Å². The van der Waals surface area contributed by atoms with Gasteiger partial charge in [-0.3, -0.25) is 4.79 Å². The summed E-state index contributed by atoms with van der Waals surface area (Å²) in [5.74, 6) is 0.393. The van der Waals surface area contributed by atoms with E-state index in [-0.39, 0.29) is 17.8 Å². The van der Waals surface area contributed by atoms with Crippen LogP contribution in [0, 0.1) is 12.8 Å². The lowest BCUT2D eigenvalue weighted by molar-refractivity contribution is -0.00166. The lowest BCUT2D eigenvalue weighted by Gasteiger charge is -2.36. The van der Waals surface area contributed by atoms with E-state index in [4.69, 9.17) is 4.74 Å². The van der Waals surface area contributed by atoms with Crippen LogP contribution in [-0.4, -0.2) is 42.2 Å². The summed E-state index contributed by atoms with van der Waals surface area (Å²) in [6.45, 7) is 5.33. The summed E-state index contributed by atoms with van der Waals surface area (Å²) in [7, 11) is 1.68. The number of phenolic OH excluding ortho intramolecular Hbond substituents is 1. The van der Waals surface area contributed by atoms with Gasteiger partial charge in [-0.25, -0.2) is 0 Å². The normalized spacial score (nSPS) is 23.4. The minimum Gasteiger partial charge on any atom is -0.507 e. The first-order chi connectivity index (χ1) is 9.02. The van der Waals surface area contributed by atoms with Gasteiger partial charge in [0.1, 0.15) is 5.75 Å². The van der Waals surface area contributed by atoms with Crippen LogP contribution in [0.3, 0.4) is 0 Å². The van der Waals surface area contributed by atoms with Crippen LogP contribution in [0.5, 0.6) is 5.75 Å². The molecule has 0 aromatic heterocycles. The fourth-order valence-corrected chi connectivity index (χ4v) is 2.52. The van der Waals surface area contributed by atoms with Crippen LogP contribution in [0.25, 0.3) is 0 Å². The number of carbonyl (C=O) groups is 1. The van der Waals surface area contributed by atoms with Gasteiger partial charge in [-0.1, -0.05) is 13.0 Å². The summed E-state index contributed by atoms with van der Waals surface area (Å²) >= 11 is 0. The van der Waals surface area contributed by atoms with E-state index in [9.17, 15) is 9.90 Å². The number of aromatic hydroxyl groups is 1. The molecule has 1 saturated heterocycles. The first-order valence-corrected chi connectivity index (χ1v) is 6.64. The Morgan fingerprint density at radius 3 is 2.84 bits per heavy atom. The fourth-order valence-electron chi connectivity index (χ4n) is 2.52. The number of hydrogen-bond donors (Lipinski definition) is 1. The smallest absolute Gasteiger partial charge is 0.257 e. The largest absolute Gasteiger partial charge is 0.507 e. The van der Waals surface area contributed by atoms with Crippen molar-refractivity contribution in [1.29, 1.82) is 0 Å². The van der Waals surface area contributed by atoms with Gasteiger partial charge in [0.25, 0.3) is 5.91 Å². The van der Waals surface area contributed by atoms with Crippen molar-refractivity contribution < 1.29 is 14.6 Å². The number of nitrogens with zero attached hydrogens (tertiary/aromatic N) is 1. The zero-order valence-corrected chi connectivity index (χ0v) is 11.7. The lowest BCUT2D eigenvalue weighted by Crippen LogP contribution is -2.46. The number of ether oxygens (including phenoxy) is 1. The van der Waals surface area contributed by atoms with E-state index in [2.05, 4.69) is 6.92 Å². The van der Waals surface area contributed by atoms with E-state index >= 15 is 0 Å². The minimum atomic E-state index is -0.119. The zero-order valence-electron chi connectivity index (χ0n) is 11.7. The minimum absolute atomic E-state index is 0.0533.